The molecule has 0 bridgehead atoms. The normalized spacial score (nSPS) is 11.1. The molecule has 0 radical (unpaired) electrons. The smallest absolute Gasteiger partial charge is 0.332 e. The molecule has 2 heterocycles. The number of amides is 1. The number of nitrogens with one attached hydrogen (secondary N) is 1. The van der Waals surface area contributed by atoms with Crippen molar-refractivity contribution in [3.8, 4) is 0 Å². The highest BCUT2D eigenvalue weighted by Crippen LogP contribution is 2.15. The Balaban J connectivity index is 1.79. The first-order valence-electron chi connectivity index (χ1n) is 8.13. The quantitative estimate of drug-likeness (QED) is 0.642. The summed E-state index contributed by atoms with van der Waals surface area (Å²) in [5, 5.41) is 2.58. The Kier molecular flexibility index (Phi) is 5.13. The van der Waals surface area contributed by atoms with Crippen molar-refractivity contribution in [2.75, 3.05) is 6.54 Å². The maximum Gasteiger partial charge on any atom is 0.332 e. The summed E-state index contributed by atoms with van der Waals surface area (Å²) in [5.74, 6) is -0.747. The molecule has 1 amide bonds. The zero-order chi connectivity index (χ0) is 19.7. The van der Waals surface area contributed by atoms with Crippen molar-refractivity contribution >= 4 is 28.7 Å². The SMILES string of the molecule is Cn1c(=O)c2c(nc(Cl)n2CC(=O)NCCc2ccccc2F)n(C)c1=O. The number of hydrogen-bond donors (Lipinski definition) is 1. The van der Waals surface area contributed by atoms with Crippen LogP contribution in [-0.2, 0) is 31.9 Å². The lowest BCUT2D eigenvalue weighted by Crippen LogP contribution is -2.38. The van der Waals surface area contributed by atoms with Gasteiger partial charge in [0.15, 0.2) is 11.2 Å². The maximum atomic E-state index is 13.6. The molecule has 27 heavy (non-hydrogen) atoms. The molecule has 2 aromatic heterocycles. The average Bonchev–Trinajstić information content (AvgIpc) is 2.96. The highest BCUT2D eigenvalue weighted by molar-refractivity contribution is 6.29. The van der Waals surface area contributed by atoms with E-state index in [-0.39, 0.29) is 35.4 Å². The van der Waals surface area contributed by atoms with E-state index in [1.54, 1.807) is 18.2 Å². The summed E-state index contributed by atoms with van der Waals surface area (Å²) in [4.78, 5) is 40.6. The Hall–Kier alpha value is -2.94. The Bertz CT molecular complexity index is 1150. The van der Waals surface area contributed by atoms with Crippen molar-refractivity contribution < 1.29 is 9.18 Å². The third-order valence-electron chi connectivity index (χ3n) is 4.28. The first kappa shape index (κ1) is 18.8. The summed E-state index contributed by atoms with van der Waals surface area (Å²) >= 11 is 6.07. The minimum absolute atomic E-state index is 0.0638. The van der Waals surface area contributed by atoms with Gasteiger partial charge in [0, 0.05) is 20.6 Å². The predicted molar refractivity (Wildman–Crippen MR) is 98.3 cm³/mol. The number of hydrogen-bond acceptors (Lipinski definition) is 4. The van der Waals surface area contributed by atoms with Crippen LogP contribution in [0.4, 0.5) is 4.39 Å². The molecule has 0 spiro atoms. The number of halogens is 2. The number of carbonyl (C=O) groups is 1. The number of carbonyl (C=O) groups excluding carboxylic acids is 1. The van der Waals surface area contributed by atoms with Crippen LogP contribution in [-0.4, -0.2) is 31.1 Å². The lowest BCUT2D eigenvalue weighted by atomic mass is 10.1. The first-order valence-corrected chi connectivity index (χ1v) is 8.51. The summed E-state index contributed by atoms with van der Waals surface area (Å²) in [7, 11) is 2.80. The highest BCUT2D eigenvalue weighted by Gasteiger charge is 2.19. The van der Waals surface area contributed by atoms with Crippen LogP contribution in [0.3, 0.4) is 0 Å². The van der Waals surface area contributed by atoms with E-state index < -0.39 is 17.2 Å². The second-order valence-corrected chi connectivity index (χ2v) is 6.37. The maximum absolute atomic E-state index is 13.6. The van der Waals surface area contributed by atoms with Gasteiger partial charge in [-0.05, 0) is 29.7 Å². The van der Waals surface area contributed by atoms with Crippen LogP contribution in [0.15, 0.2) is 33.9 Å². The van der Waals surface area contributed by atoms with E-state index in [4.69, 9.17) is 11.6 Å². The predicted octanol–water partition coefficient (Wildman–Crippen LogP) is 0.585. The van der Waals surface area contributed by atoms with Crippen LogP contribution in [0, 0.1) is 5.82 Å². The van der Waals surface area contributed by atoms with Gasteiger partial charge in [-0.3, -0.25) is 23.3 Å². The van der Waals surface area contributed by atoms with Gasteiger partial charge in [0.25, 0.3) is 5.56 Å². The number of fused-ring (bicyclic) bond motifs is 1. The molecule has 0 unspecified atom stereocenters. The molecule has 0 saturated heterocycles. The number of aromatic nitrogens is 4. The largest absolute Gasteiger partial charge is 0.354 e. The lowest BCUT2D eigenvalue weighted by Gasteiger charge is -2.09. The lowest BCUT2D eigenvalue weighted by molar-refractivity contribution is -0.121. The molecular weight excluding hydrogens is 377 g/mol. The van der Waals surface area contributed by atoms with E-state index in [1.807, 2.05) is 0 Å². The van der Waals surface area contributed by atoms with Crippen LogP contribution in [0.25, 0.3) is 11.2 Å². The molecule has 142 valence electrons. The van der Waals surface area contributed by atoms with Gasteiger partial charge >= 0.3 is 5.69 Å². The van der Waals surface area contributed by atoms with Crippen molar-refractivity contribution in [3.05, 3.63) is 61.8 Å². The van der Waals surface area contributed by atoms with Crippen LogP contribution in [0.5, 0.6) is 0 Å². The van der Waals surface area contributed by atoms with E-state index in [1.165, 1.54) is 29.3 Å². The number of rotatable bonds is 5. The monoisotopic (exact) mass is 393 g/mol. The highest BCUT2D eigenvalue weighted by atomic mass is 35.5. The van der Waals surface area contributed by atoms with Crippen LogP contribution >= 0.6 is 11.6 Å². The van der Waals surface area contributed by atoms with Gasteiger partial charge in [-0.25, -0.2) is 9.18 Å². The molecule has 0 atom stereocenters. The molecule has 0 aliphatic carbocycles. The van der Waals surface area contributed by atoms with Gasteiger partial charge in [0.05, 0.1) is 0 Å². The second kappa shape index (κ2) is 7.36. The molecule has 1 N–H and O–H groups in total. The Morgan fingerprint density at radius 2 is 1.93 bits per heavy atom. The molecule has 3 aromatic rings. The zero-order valence-electron chi connectivity index (χ0n) is 14.7. The van der Waals surface area contributed by atoms with Gasteiger partial charge in [-0.15, -0.1) is 0 Å². The summed E-state index contributed by atoms with van der Waals surface area (Å²) in [6.07, 6.45) is 0.326. The molecule has 0 aliphatic rings. The van der Waals surface area contributed by atoms with Crippen molar-refractivity contribution in [1.82, 2.24) is 24.0 Å². The molecule has 10 heteroatoms. The molecule has 0 fully saturated rings. The minimum Gasteiger partial charge on any atom is -0.354 e. The topological polar surface area (TPSA) is 90.9 Å². The van der Waals surface area contributed by atoms with Crippen molar-refractivity contribution in [3.63, 3.8) is 0 Å². The molecule has 1 aromatic carbocycles. The molecule has 0 aliphatic heterocycles. The van der Waals surface area contributed by atoms with Crippen molar-refractivity contribution in [2.24, 2.45) is 14.1 Å². The van der Waals surface area contributed by atoms with Gasteiger partial charge in [-0.2, -0.15) is 4.98 Å². The van der Waals surface area contributed by atoms with Crippen LogP contribution < -0.4 is 16.6 Å². The second-order valence-electron chi connectivity index (χ2n) is 6.04. The van der Waals surface area contributed by atoms with Gasteiger partial charge in [-0.1, -0.05) is 18.2 Å². The molecule has 0 saturated carbocycles. The van der Waals surface area contributed by atoms with E-state index in [0.29, 0.717) is 12.0 Å². The fourth-order valence-corrected chi connectivity index (χ4v) is 3.03. The third-order valence-corrected chi connectivity index (χ3v) is 4.57. The van der Waals surface area contributed by atoms with Gasteiger partial charge in [0.2, 0.25) is 11.2 Å². The van der Waals surface area contributed by atoms with Gasteiger partial charge in [0.1, 0.15) is 12.4 Å². The number of benzene rings is 1. The van der Waals surface area contributed by atoms with Gasteiger partial charge < -0.3 is 5.32 Å². The van der Waals surface area contributed by atoms with Crippen molar-refractivity contribution in [1.29, 1.82) is 0 Å². The average molecular weight is 394 g/mol. The molecular formula is C17H17ClFN5O3. The summed E-state index contributed by atoms with van der Waals surface area (Å²) in [6, 6.07) is 6.32. The van der Waals surface area contributed by atoms with Crippen LogP contribution in [0.2, 0.25) is 5.28 Å². The summed E-state index contributed by atoms with van der Waals surface area (Å²) in [5.41, 5.74) is -0.469. The summed E-state index contributed by atoms with van der Waals surface area (Å²) in [6.45, 7) is -0.0272. The first-order chi connectivity index (χ1) is 12.8. The number of imidazole rings is 1. The zero-order valence-corrected chi connectivity index (χ0v) is 15.5. The number of aryl methyl sites for hydroxylation is 1. The van der Waals surface area contributed by atoms with Crippen LogP contribution in [0.1, 0.15) is 5.56 Å². The molecule has 8 nitrogen and oxygen atoms in total. The van der Waals surface area contributed by atoms with E-state index >= 15 is 0 Å². The minimum atomic E-state index is -0.591. The third kappa shape index (κ3) is 3.50. The fraction of sp³-hybridized carbons (Fsp3) is 0.294. The van der Waals surface area contributed by atoms with E-state index in [9.17, 15) is 18.8 Å². The van der Waals surface area contributed by atoms with Crippen molar-refractivity contribution in [2.45, 2.75) is 13.0 Å². The standard InChI is InChI=1S/C17H17ClFN5O3/c1-22-14-13(15(26)23(2)17(22)27)24(16(18)21-14)9-12(25)20-8-7-10-5-3-4-6-11(10)19/h3-6H,7-9H2,1-2H3,(H,20,25). The van der Waals surface area contributed by atoms with E-state index in [2.05, 4.69) is 10.3 Å². The van der Waals surface area contributed by atoms with E-state index in [0.717, 1.165) is 4.57 Å². The Morgan fingerprint density at radius 1 is 1.22 bits per heavy atom. The molecule has 3 rings (SSSR count). The fourth-order valence-electron chi connectivity index (χ4n) is 2.80. The number of nitrogens with zero attached hydrogens (tertiary/aromatic N) is 4. The summed E-state index contributed by atoms with van der Waals surface area (Å²) < 4.78 is 17.0. The Morgan fingerprint density at radius 3 is 2.63 bits per heavy atom. The Labute approximate surface area is 157 Å².